The Balaban J connectivity index is 2.65. The number of nitrogens with two attached hydrogens (primary N) is 1. The standard InChI is InChI=1S/C8H13FN4OS/c1-5(15(2)14)3-11-7-6(9)4-12-8(10)13-7/h4-5H,3H2,1-2H3,(H3,10,11,12,13). The fraction of sp³-hybridized carbons (Fsp3) is 0.500. The van der Waals surface area contributed by atoms with E-state index in [1.807, 2.05) is 0 Å². The summed E-state index contributed by atoms with van der Waals surface area (Å²) in [4.78, 5) is 7.18. The first-order chi connectivity index (χ1) is 7.00. The lowest BCUT2D eigenvalue weighted by Crippen LogP contribution is -2.21. The van der Waals surface area contributed by atoms with Crippen molar-refractivity contribution in [3.05, 3.63) is 12.0 Å². The van der Waals surface area contributed by atoms with E-state index in [0.29, 0.717) is 6.54 Å². The van der Waals surface area contributed by atoms with Gasteiger partial charge < -0.3 is 11.1 Å². The summed E-state index contributed by atoms with van der Waals surface area (Å²) >= 11 is 0. The zero-order chi connectivity index (χ0) is 11.4. The lowest BCUT2D eigenvalue weighted by molar-refractivity contribution is 0.617. The number of rotatable bonds is 4. The molecule has 1 aromatic heterocycles. The van der Waals surface area contributed by atoms with Crippen LogP contribution in [-0.4, -0.2) is 32.2 Å². The van der Waals surface area contributed by atoms with Gasteiger partial charge in [0.25, 0.3) is 0 Å². The Morgan fingerprint density at radius 1 is 1.73 bits per heavy atom. The molecule has 2 atom stereocenters. The van der Waals surface area contributed by atoms with E-state index in [9.17, 15) is 8.60 Å². The molecule has 3 N–H and O–H groups in total. The topological polar surface area (TPSA) is 80.9 Å². The van der Waals surface area contributed by atoms with Crippen LogP contribution in [0.5, 0.6) is 0 Å². The first-order valence-corrected chi connectivity index (χ1v) is 5.97. The van der Waals surface area contributed by atoms with E-state index in [2.05, 4.69) is 15.3 Å². The number of hydrogen-bond acceptors (Lipinski definition) is 5. The van der Waals surface area contributed by atoms with Crippen molar-refractivity contribution in [3.8, 4) is 0 Å². The number of nitrogens with one attached hydrogen (secondary N) is 1. The molecular weight excluding hydrogens is 219 g/mol. The van der Waals surface area contributed by atoms with E-state index in [-0.39, 0.29) is 17.0 Å². The van der Waals surface area contributed by atoms with Crippen molar-refractivity contribution in [1.82, 2.24) is 9.97 Å². The zero-order valence-corrected chi connectivity index (χ0v) is 9.34. The largest absolute Gasteiger partial charge is 0.368 e. The molecule has 7 heteroatoms. The van der Waals surface area contributed by atoms with Gasteiger partial charge in [0.15, 0.2) is 11.6 Å². The molecule has 1 rings (SSSR count). The van der Waals surface area contributed by atoms with Crippen molar-refractivity contribution in [2.45, 2.75) is 12.2 Å². The maximum Gasteiger partial charge on any atom is 0.222 e. The van der Waals surface area contributed by atoms with Crippen molar-refractivity contribution < 1.29 is 8.60 Å². The summed E-state index contributed by atoms with van der Waals surface area (Å²) < 4.78 is 24.1. The third kappa shape index (κ3) is 3.43. The van der Waals surface area contributed by atoms with Crippen LogP contribution < -0.4 is 11.1 Å². The van der Waals surface area contributed by atoms with Gasteiger partial charge in [-0.15, -0.1) is 0 Å². The first kappa shape index (κ1) is 11.8. The van der Waals surface area contributed by atoms with Crippen molar-refractivity contribution >= 4 is 22.6 Å². The Bertz CT molecular complexity index is 374. The molecule has 0 bridgehead atoms. The molecule has 0 radical (unpaired) electrons. The van der Waals surface area contributed by atoms with Crippen LogP contribution in [0.1, 0.15) is 6.92 Å². The maximum absolute atomic E-state index is 13.1. The average Bonchev–Trinajstić information content (AvgIpc) is 2.18. The van der Waals surface area contributed by atoms with Gasteiger partial charge in [-0.2, -0.15) is 4.98 Å². The lowest BCUT2D eigenvalue weighted by Gasteiger charge is -2.10. The summed E-state index contributed by atoms with van der Waals surface area (Å²) in [6.07, 6.45) is 2.59. The predicted octanol–water partition coefficient (Wildman–Crippen LogP) is 0.377. The predicted molar refractivity (Wildman–Crippen MR) is 58.4 cm³/mol. The molecule has 0 saturated carbocycles. The number of halogens is 1. The van der Waals surface area contributed by atoms with Crippen molar-refractivity contribution in [2.24, 2.45) is 0 Å². The highest BCUT2D eigenvalue weighted by Gasteiger charge is 2.09. The van der Waals surface area contributed by atoms with E-state index in [4.69, 9.17) is 5.73 Å². The van der Waals surface area contributed by atoms with Gasteiger partial charge in [-0.3, -0.25) is 4.21 Å². The van der Waals surface area contributed by atoms with Crippen LogP contribution >= 0.6 is 0 Å². The van der Waals surface area contributed by atoms with Gasteiger partial charge >= 0.3 is 0 Å². The summed E-state index contributed by atoms with van der Waals surface area (Å²) in [6.45, 7) is 2.17. The van der Waals surface area contributed by atoms with Gasteiger partial charge in [0.1, 0.15) is 0 Å². The van der Waals surface area contributed by atoms with E-state index in [1.165, 1.54) is 0 Å². The summed E-state index contributed by atoms with van der Waals surface area (Å²) in [5.74, 6) is -0.526. The van der Waals surface area contributed by atoms with Crippen LogP contribution in [-0.2, 0) is 10.8 Å². The van der Waals surface area contributed by atoms with Crippen LogP contribution in [0.4, 0.5) is 16.2 Å². The van der Waals surface area contributed by atoms with Crippen molar-refractivity contribution in [1.29, 1.82) is 0 Å². The minimum atomic E-state index is -0.956. The highest BCUT2D eigenvalue weighted by Crippen LogP contribution is 2.10. The Morgan fingerprint density at radius 3 is 3.00 bits per heavy atom. The number of hydrogen-bond donors (Lipinski definition) is 2. The van der Waals surface area contributed by atoms with Crippen LogP contribution in [0, 0.1) is 5.82 Å². The van der Waals surface area contributed by atoms with Gasteiger partial charge in [-0.1, -0.05) is 0 Å². The molecule has 1 heterocycles. The molecular formula is C8H13FN4OS. The Kier molecular flexibility index (Phi) is 3.96. The van der Waals surface area contributed by atoms with E-state index >= 15 is 0 Å². The van der Waals surface area contributed by atoms with E-state index in [1.54, 1.807) is 13.2 Å². The molecule has 15 heavy (non-hydrogen) atoms. The number of nitrogen functional groups attached to an aromatic ring is 1. The van der Waals surface area contributed by atoms with E-state index < -0.39 is 16.6 Å². The highest BCUT2D eigenvalue weighted by molar-refractivity contribution is 7.84. The number of aromatic nitrogens is 2. The third-order valence-electron chi connectivity index (χ3n) is 1.89. The summed E-state index contributed by atoms with van der Waals surface area (Å²) in [5, 5.41) is 2.65. The van der Waals surface area contributed by atoms with Gasteiger partial charge in [0.2, 0.25) is 5.95 Å². The van der Waals surface area contributed by atoms with Gasteiger partial charge in [-0.25, -0.2) is 9.37 Å². The number of nitrogens with zero attached hydrogens (tertiary/aromatic N) is 2. The normalized spacial score (nSPS) is 14.6. The Morgan fingerprint density at radius 2 is 2.40 bits per heavy atom. The van der Waals surface area contributed by atoms with Gasteiger partial charge in [0, 0.05) is 28.9 Å². The molecule has 0 fully saturated rings. The Hall–Kier alpha value is -1.24. The van der Waals surface area contributed by atoms with Crippen LogP contribution in [0.2, 0.25) is 0 Å². The summed E-state index contributed by atoms with van der Waals surface area (Å²) in [6, 6.07) is 0. The molecule has 0 aliphatic rings. The Labute approximate surface area is 89.8 Å². The van der Waals surface area contributed by atoms with Gasteiger partial charge in [0.05, 0.1) is 6.20 Å². The molecule has 0 amide bonds. The van der Waals surface area contributed by atoms with E-state index in [0.717, 1.165) is 6.20 Å². The molecule has 0 aromatic carbocycles. The quantitative estimate of drug-likeness (QED) is 0.784. The fourth-order valence-electron chi connectivity index (χ4n) is 0.862. The minimum absolute atomic E-state index is 0.00386. The second-order valence-electron chi connectivity index (χ2n) is 3.11. The fourth-order valence-corrected chi connectivity index (χ4v) is 1.18. The monoisotopic (exact) mass is 232 g/mol. The maximum atomic E-state index is 13.1. The third-order valence-corrected chi connectivity index (χ3v) is 3.19. The smallest absolute Gasteiger partial charge is 0.222 e. The first-order valence-electron chi connectivity index (χ1n) is 4.35. The van der Waals surface area contributed by atoms with Crippen LogP contribution in [0.25, 0.3) is 0 Å². The molecule has 0 aliphatic heterocycles. The second-order valence-corrected chi connectivity index (χ2v) is 4.92. The molecule has 1 aromatic rings. The zero-order valence-electron chi connectivity index (χ0n) is 8.53. The SMILES string of the molecule is CC(CNc1nc(N)ncc1F)S(C)=O. The molecule has 2 unspecified atom stereocenters. The molecule has 0 saturated heterocycles. The van der Waals surface area contributed by atoms with Crippen molar-refractivity contribution in [3.63, 3.8) is 0 Å². The molecule has 5 nitrogen and oxygen atoms in total. The van der Waals surface area contributed by atoms with Crippen LogP contribution in [0.3, 0.4) is 0 Å². The average molecular weight is 232 g/mol. The van der Waals surface area contributed by atoms with Crippen molar-refractivity contribution in [2.75, 3.05) is 23.9 Å². The molecule has 84 valence electrons. The highest BCUT2D eigenvalue weighted by atomic mass is 32.2. The second kappa shape index (κ2) is 5.01. The number of anilines is 2. The molecule has 0 spiro atoms. The summed E-state index contributed by atoms with van der Waals surface area (Å²) in [7, 11) is -0.956. The van der Waals surface area contributed by atoms with Gasteiger partial charge in [-0.05, 0) is 6.92 Å². The summed E-state index contributed by atoms with van der Waals surface area (Å²) in [5.41, 5.74) is 5.30. The lowest BCUT2D eigenvalue weighted by atomic mass is 10.4. The molecule has 0 aliphatic carbocycles. The van der Waals surface area contributed by atoms with Crippen LogP contribution in [0.15, 0.2) is 6.20 Å². The minimum Gasteiger partial charge on any atom is -0.368 e.